The van der Waals surface area contributed by atoms with Crippen molar-refractivity contribution in [2.24, 2.45) is 13.0 Å². The fraction of sp³-hybridized carbons (Fsp3) is 0.421. The van der Waals surface area contributed by atoms with E-state index in [0.717, 1.165) is 60.6 Å². The van der Waals surface area contributed by atoms with Crippen molar-refractivity contribution in [1.29, 1.82) is 0 Å². The van der Waals surface area contributed by atoms with E-state index in [1.807, 2.05) is 18.2 Å². The third-order valence-electron chi connectivity index (χ3n) is 5.46. The average molecular weight is 335 g/mol. The normalized spacial score (nSPS) is 17.1. The number of benzene rings is 1. The van der Waals surface area contributed by atoms with Crippen molar-refractivity contribution in [3.05, 3.63) is 51.9 Å². The SMILES string of the molecule is Cn1c(N2CC(Cn3nc4c(cc3=O)CCC4)C2)nc2ccccc21. The summed E-state index contributed by atoms with van der Waals surface area (Å²) in [7, 11) is 2.06. The van der Waals surface area contributed by atoms with Crippen LogP contribution in [0.5, 0.6) is 0 Å². The van der Waals surface area contributed by atoms with Crippen LogP contribution in [0.3, 0.4) is 0 Å². The zero-order valence-electron chi connectivity index (χ0n) is 14.4. The van der Waals surface area contributed by atoms with Crippen molar-refractivity contribution in [1.82, 2.24) is 19.3 Å². The molecule has 25 heavy (non-hydrogen) atoms. The van der Waals surface area contributed by atoms with Gasteiger partial charge in [0.05, 0.1) is 23.3 Å². The molecule has 0 amide bonds. The third-order valence-corrected chi connectivity index (χ3v) is 5.46. The number of nitrogens with zero attached hydrogens (tertiary/aromatic N) is 5. The van der Waals surface area contributed by atoms with Crippen LogP contribution in [-0.4, -0.2) is 32.4 Å². The predicted molar refractivity (Wildman–Crippen MR) is 96.9 cm³/mol. The van der Waals surface area contributed by atoms with E-state index in [4.69, 9.17) is 4.98 Å². The molecular formula is C19H21N5O. The summed E-state index contributed by atoms with van der Waals surface area (Å²) in [5, 5.41) is 4.59. The fourth-order valence-corrected chi connectivity index (χ4v) is 4.08. The molecule has 0 saturated carbocycles. The molecule has 0 unspecified atom stereocenters. The van der Waals surface area contributed by atoms with Crippen molar-refractivity contribution in [2.45, 2.75) is 25.8 Å². The van der Waals surface area contributed by atoms with E-state index in [1.165, 1.54) is 0 Å². The highest BCUT2D eigenvalue weighted by Crippen LogP contribution is 2.27. The second-order valence-corrected chi connectivity index (χ2v) is 7.22. The number of aromatic nitrogens is 4. The van der Waals surface area contributed by atoms with Crippen LogP contribution in [0.4, 0.5) is 5.95 Å². The number of anilines is 1. The molecule has 0 radical (unpaired) electrons. The average Bonchev–Trinajstić information content (AvgIpc) is 3.15. The van der Waals surface area contributed by atoms with Gasteiger partial charge in [0.25, 0.3) is 5.56 Å². The van der Waals surface area contributed by atoms with Gasteiger partial charge in [0, 0.05) is 32.1 Å². The van der Waals surface area contributed by atoms with Crippen LogP contribution in [0.25, 0.3) is 11.0 Å². The highest BCUT2D eigenvalue weighted by Gasteiger charge is 2.31. The van der Waals surface area contributed by atoms with Gasteiger partial charge in [-0.15, -0.1) is 0 Å². The minimum Gasteiger partial charge on any atom is -0.341 e. The minimum absolute atomic E-state index is 0.0434. The van der Waals surface area contributed by atoms with Crippen molar-refractivity contribution < 1.29 is 0 Å². The highest BCUT2D eigenvalue weighted by atomic mass is 16.1. The summed E-state index contributed by atoms with van der Waals surface area (Å²) in [6, 6.07) is 9.99. The molecule has 3 aromatic rings. The van der Waals surface area contributed by atoms with Crippen LogP contribution in [0, 0.1) is 5.92 Å². The first-order valence-corrected chi connectivity index (χ1v) is 8.95. The Bertz CT molecular complexity index is 1010. The number of rotatable bonds is 3. The molecule has 1 saturated heterocycles. The van der Waals surface area contributed by atoms with E-state index in [0.29, 0.717) is 12.5 Å². The smallest absolute Gasteiger partial charge is 0.267 e. The van der Waals surface area contributed by atoms with Crippen LogP contribution in [0.2, 0.25) is 0 Å². The summed E-state index contributed by atoms with van der Waals surface area (Å²) in [6.45, 7) is 2.54. The Morgan fingerprint density at radius 2 is 2.04 bits per heavy atom. The molecule has 0 N–H and O–H groups in total. The summed E-state index contributed by atoms with van der Waals surface area (Å²) in [4.78, 5) is 19.3. The summed E-state index contributed by atoms with van der Waals surface area (Å²) in [6.07, 6.45) is 3.13. The second-order valence-electron chi connectivity index (χ2n) is 7.22. The molecule has 0 bridgehead atoms. The largest absolute Gasteiger partial charge is 0.341 e. The Morgan fingerprint density at radius 1 is 1.20 bits per heavy atom. The molecule has 5 rings (SSSR count). The van der Waals surface area contributed by atoms with Gasteiger partial charge in [-0.05, 0) is 37.0 Å². The van der Waals surface area contributed by atoms with Gasteiger partial charge >= 0.3 is 0 Å². The molecule has 1 aromatic carbocycles. The molecule has 1 aliphatic carbocycles. The molecule has 128 valence electrons. The van der Waals surface area contributed by atoms with E-state index < -0.39 is 0 Å². The van der Waals surface area contributed by atoms with Gasteiger partial charge < -0.3 is 9.47 Å². The lowest BCUT2D eigenvalue weighted by Gasteiger charge is -2.39. The number of aryl methyl sites for hydroxylation is 3. The Hall–Kier alpha value is -2.63. The van der Waals surface area contributed by atoms with E-state index in [-0.39, 0.29) is 5.56 Å². The maximum atomic E-state index is 12.2. The van der Waals surface area contributed by atoms with Crippen LogP contribution in [0.1, 0.15) is 17.7 Å². The van der Waals surface area contributed by atoms with Gasteiger partial charge in [0.15, 0.2) is 0 Å². The van der Waals surface area contributed by atoms with Crippen LogP contribution >= 0.6 is 0 Å². The number of imidazole rings is 1. The van der Waals surface area contributed by atoms with E-state index in [2.05, 4.69) is 27.7 Å². The Kier molecular flexibility index (Phi) is 3.20. The summed E-state index contributed by atoms with van der Waals surface area (Å²) >= 11 is 0. The van der Waals surface area contributed by atoms with Crippen molar-refractivity contribution in [3.63, 3.8) is 0 Å². The molecule has 1 fully saturated rings. The lowest BCUT2D eigenvalue weighted by molar-refractivity contribution is 0.328. The van der Waals surface area contributed by atoms with Crippen molar-refractivity contribution in [3.8, 4) is 0 Å². The van der Waals surface area contributed by atoms with Gasteiger partial charge in [-0.2, -0.15) is 5.10 Å². The highest BCUT2D eigenvalue weighted by molar-refractivity contribution is 5.78. The summed E-state index contributed by atoms with van der Waals surface area (Å²) in [5.41, 5.74) is 4.49. The number of hydrogen-bond acceptors (Lipinski definition) is 4. The van der Waals surface area contributed by atoms with Gasteiger partial charge in [-0.25, -0.2) is 9.67 Å². The number of hydrogen-bond donors (Lipinski definition) is 0. The molecule has 6 heteroatoms. The first-order valence-electron chi connectivity index (χ1n) is 8.95. The Labute approximate surface area is 145 Å². The topological polar surface area (TPSA) is 56.0 Å². The predicted octanol–water partition coefficient (Wildman–Crippen LogP) is 1.76. The fourth-order valence-electron chi connectivity index (χ4n) is 4.08. The molecule has 0 spiro atoms. The Balaban J connectivity index is 1.32. The minimum atomic E-state index is 0.0434. The molecular weight excluding hydrogens is 314 g/mol. The van der Waals surface area contributed by atoms with E-state index >= 15 is 0 Å². The van der Waals surface area contributed by atoms with Gasteiger partial charge in [-0.3, -0.25) is 4.79 Å². The molecule has 0 atom stereocenters. The number of para-hydroxylation sites is 2. The van der Waals surface area contributed by atoms with Gasteiger partial charge in [0.1, 0.15) is 0 Å². The van der Waals surface area contributed by atoms with Gasteiger partial charge in [-0.1, -0.05) is 12.1 Å². The van der Waals surface area contributed by atoms with Crippen LogP contribution in [-0.2, 0) is 26.4 Å². The molecule has 6 nitrogen and oxygen atoms in total. The second kappa shape index (κ2) is 5.44. The van der Waals surface area contributed by atoms with Crippen LogP contribution < -0.4 is 10.5 Å². The monoisotopic (exact) mass is 335 g/mol. The van der Waals surface area contributed by atoms with E-state index in [1.54, 1.807) is 10.7 Å². The van der Waals surface area contributed by atoms with Crippen molar-refractivity contribution in [2.75, 3.05) is 18.0 Å². The lowest BCUT2D eigenvalue weighted by atomic mass is 10.0. The maximum absolute atomic E-state index is 12.2. The summed E-state index contributed by atoms with van der Waals surface area (Å²) in [5.74, 6) is 1.45. The number of fused-ring (bicyclic) bond motifs is 2. The molecule has 2 aromatic heterocycles. The van der Waals surface area contributed by atoms with Gasteiger partial charge in [0.2, 0.25) is 5.95 Å². The zero-order valence-corrected chi connectivity index (χ0v) is 14.4. The first kappa shape index (κ1) is 14.7. The third kappa shape index (κ3) is 2.35. The standard InChI is InChI=1S/C19H21N5O/c1-22-17-8-3-2-6-16(17)20-19(22)23-10-13(11-23)12-24-18(25)9-14-5-4-7-15(14)21-24/h2-3,6,8-9,13H,4-5,7,10-12H2,1H3. The van der Waals surface area contributed by atoms with E-state index in [9.17, 15) is 4.79 Å². The summed E-state index contributed by atoms with van der Waals surface area (Å²) < 4.78 is 3.81. The molecule has 1 aliphatic heterocycles. The molecule has 2 aliphatic rings. The zero-order chi connectivity index (χ0) is 17.0. The van der Waals surface area contributed by atoms with Crippen molar-refractivity contribution >= 4 is 17.0 Å². The maximum Gasteiger partial charge on any atom is 0.267 e. The lowest BCUT2D eigenvalue weighted by Crippen LogP contribution is -2.50. The quantitative estimate of drug-likeness (QED) is 0.732. The molecule has 3 heterocycles. The Morgan fingerprint density at radius 3 is 2.88 bits per heavy atom. The first-order chi connectivity index (χ1) is 12.2. The van der Waals surface area contributed by atoms with Crippen LogP contribution in [0.15, 0.2) is 35.1 Å².